The van der Waals surface area contributed by atoms with Gasteiger partial charge in [0.2, 0.25) is 21.8 Å². The van der Waals surface area contributed by atoms with E-state index in [2.05, 4.69) is 5.32 Å². The van der Waals surface area contributed by atoms with Gasteiger partial charge in [0.15, 0.2) is 0 Å². The minimum atomic E-state index is -3.52. The molecule has 1 N–H and O–H groups in total. The van der Waals surface area contributed by atoms with E-state index < -0.39 is 16.1 Å². The maximum atomic E-state index is 13.2. The molecule has 8 heteroatoms. The number of hydrogen-bond donors (Lipinski definition) is 1. The third kappa shape index (κ3) is 7.05. The second-order valence-corrected chi connectivity index (χ2v) is 10.4. The molecule has 0 unspecified atom stereocenters. The first kappa shape index (κ1) is 26.4. The molecule has 0 aliphatic heterocycles. The third-order valence-electron chi connectivity index (χ3n) is 5.80. The van der Waals surface area contributed by atoms with Crippen molar-refractivity contribution < 1.29 is 18.0 Å². The number of anilines is 1. The summed E-state index contributed by atoms with van der Waals surface area (Å²) in [6.45, 7) is 7.95. The Morgan fingerprint density at radius 2 is 1.70 bits per heavy atom. The van der Waals surface area contributed by atoms with Gasteiger partial charge in [-0.1, -0.05) is 36.4 Å². The molecule has 0 radical (unpaired) electrons. The molecular weight excluding hydrogens is 438 g/mol. The van der Waals surface area contributed by atoms with Crippen LogP contribution in [-0.2, 0) is 26.2 Å². The Morgan fingerprint density at radius 3 is 2.30 bits per heavy atom. The molecule has 0 aliphatic rings. The molecule has 0 spiro atoms. The zero-order chi connectivity index (χ0) is 24.8. The highest BCUT2D eigenvalue weighted by atomic mass is 32.2. The number of nitrogens with one attached hydrogen (secondary N) is 1. The van der Waals surface area contributed by atoms with Crippen molar-refractivity contribution in [2.75, 3.05) is 24.2 Å². The monoisotopic (exact) mass is 473 g/mol. The Kier molecular flexibility index (Phi) is 9.05. The molecule has 2 aromatic carbocycles. The maximum absolute atomic E-state index is 13.2. The number of benzene rings is 2. The van der Waals surface area contributed by atoms with Crippen molar-refractivity contribution in [1.29, 1.82) is 0 Å². The predicted octanol–water partition coefficient (Wildman–Crippen LogP) is 3.32. The topological polar surface area (TPSA) is 86.8 Å². The van der Waals surface area contributed by atoms with Gasteiger partial charge in [-0.15, -0.1) is 0 Å². The van der Waals surface area contributed by atoms with Gasteiger partial charge in [0.25, 0.3) is 0 Å². The van der Waals surface area contributed by atoms with E-state index in [0.717, 1.165) is 22.3 Å². The number of aryl methyl sites for hydroxylation is 3. The van der Waals surface area contributed by atoms with Crippen LogP contribution in [0, 0.1) is 20.8 Å². The van der Waals surface area contributed by atoms with Gasteiger partial charge in [0, 0.05) is 26.6 Å². The van der Waals surface area contributed by atoms with Crippen LogP contribution in [0.1, 0.15) is 42.0 Å². The summed E-state index contributed by atoms with van der Waals surface area (Å²) < 4.78 is 26.4. The molecule has 0 saturated heterocycles. The van der Waals surface area contributed by atoms with Gasteiger partial charge in [-0.25, -0.2) is 8.42 Å². The first-order valence-corrected chi connectivity index (χ1v) is 12.9. The Bertz CT molecular complexity index is 1100. The summed E-state index contributed by atoms with van der Waals surface area (Å²) in [7, 11) is -1.97. The predicted molar refractivity (Wildman–Crippen MR) is 133 cm³/mol. The smallest absolute Gasteiger partial charge is 0.242 e. The lowest BCUT2D eigenvalue weighted by Gasteiger charge is -2.29. The fourth-order valence-corrected chi connectivity index (χ4v) is 4.75. The fraction of sp³-hybridized carbons (Fsp3) is 0.440. The molecule has 33 heavy (non-hydrogen) atoms. The van der Waals surface area contributed by atoms with Crippen LogP contribution in [0.15, 0.2) is 42.5 Å². The number of likely N-dealkylation sites (N-methyl/N-ethyl adjacent to an activating group) is 1. The Morgan fingerprint density at radius 1 is 1.03 bits per heavy atom. The van der Waals surface area contributed by atoms with E-state index >= 15 is 0 Å². The van der Waals surface area contributed by atoms with Gasteiger partial charge in [-0.2, -0.15) is 0 Å². The van der Waals surface area contributed by atoms with Crippen molar-refractivity contribution in [2.24, 2.45) is 0 Å². The lowest BCUT2D eigenvalue weighted by molar-refractivity contribution is -0.140. The van der Waals surface area contributed by atoms with Crippen molar-refractivity contribution in [3.63, 3.8) is 0 Å². The number of amides is 2. The molecule has 0 saturated carbocycles. The number of sulfonamides is 1. The standard InChI is InChI=1S/C25H35N3O4S/c1-18-13-14-20(3)23(16-18)28(33(6,31)32)15-9-12-24(29)27(21(4)25(30)26-5)17-22-11-8-7-10-19(22)2/h7-8,10-11,13-14,16,21H,9,12,15,17H2,1-6H3,(H,26,30)/t21-/m0/s1. The molecule has 0 bridgehead atoms. The molecule has 1 atom stereocenters. The van der Waals surface area contributed by atoms with Crippen molar-refractivity contribution in [3.05, 3.63) is 64.7 Å². The van der Waals surface area contributed by atoms with Crippen LogP contribution in [0.4, 0.5) is 5.69 Å². The minimum absolute atomic E-state index is 0.129. The van der Waals surface area contributed by atoms with Crippen LogP contribution in [0.2, 0.25) is 0 Å². The van der Waals surface area contributed by atoms with Gasteiger partial charge in [0.05, 0.1) is 11.9 Å². The van der Waals surface area contributed by atoms with E-state index in [9.17, 15) is 18.0 Å². The lowest BCUT2D eigenvalue weighted by Crippen LogP contribution is -2.47. The van der Waals surface area contributed by atoms with Crippen molar-refractivity contribution in [1.82, 2.24) is 10.2 Å². The SMILES string of the molecule is CNC(=O)[C@H](C)N(Cc1ccccc1C)C(=O)CCCN(c1cc(C)ccc1C)S(C)(=O)=O. The number of carbonyl (C=O) groups excluding carboxylic acids is 2. The van der Waals surface area contributed by atoms with Crippen LogP contribution in [0.5, 0.6) is 0 Å². The molecular formula is C25H35N3O4S. The number of rotatable bonds is 10. The highest BCUT2D eigenvalue weighted by Crippen LogP contribution is 2.24. The van der Waals surface area contributed by atoms with Crippen molar-refractivity contribution in [2.45, 2.75) is 53.1 Å². The second kappa shape index (κ2) is 11.3. The minimum Gasteiger partial charge on any atom is -0.357 e. The van der Waals surface area contributed by atoms with Crippen LogP contribution in [-0.4, -0.2) is 51.0 Å². The molecule has 2 rings (SSSR count). The van der Waals surface area contributed by atoms with Crippen LogP contribution < -0.4 is 9.62 Å². The molecule has 7 nitrogen and oxygen atoms in total. The van der Waals surface area contributed by atoms with Crippen LogP contribution >= 0.6 is 0 Å². The average Bonchev–Trinajstić information content (AvgIpc) is 2.76. The van der Waals surface area contributed by atoms with Crippen LogP contribution in [0.3, 0.4) is 0 Å². The first-order valence-electron chi connectivity index (χ1n) is 11.1. The summed E-state index contributed by atoms with van der Waals surface area (Å²) in [5.41, 5.74) is 4.45. The second-order valence-electron chi connectivity index (χ2n) is 8.47. The number of hydrogen-bond acceptors (Lipinski definition) is 4. The maximum Gasteiger partial charge on any atom is 0.242 e. The van der Waals surface area contributed by atoms with Gasteiger partial charge in [-0.05, 0) is 62.4 Å². The van der Waals surface area contributed by atoms with Crippen LogP contribution in [0.25, 0.3) is 0 Å². The highest BCUT2D eigenvalue weighted by Gasteiger charge is 2.26. The summed E-state index contributed by atoms with van der Waals surface area (Å²) >= 11 is 0. The van der Waals surface area contributed by atoms with E-state index in [1.54, 1.807) is 18.9 Å². The quantitative estimate of drug-likeness (QED) is 0.574. The largest absolute Gasteiger partial charge is 0.357 e. The molecule has 0 aromatic heterocycles. The van der Waals surface area contributed by atoms with Gasteiger partial charge < -0.3 is 10.2 Å². The Hall–Kier alpha value is -2.87. The average molecular weight is 474 g/mol. The molecule has 2 amide bonds. The number of carbonyl (C=O) groups is 2. The molecule has 180 valence electrons. The van der Waals surface area contributed by atoms with E-state index in [1.165, 1.54) is 10.6 Å². The Labute approximate surface area is 197 Å². The summed E-state index contributed by atoms with van der Waals surface area (Å²) in [4.78, 5) is 27.1. The van der Waals surface area contributed by atoms with Gasteiger partial charge in [-0.3, -0.25) is 13.9 Å². The summed E-state index contributed by atoms with van der Waals surface area (Å²) in [5.74, 6) is -0.436. The van der Waals surface area contributed by atoms with E-state index in [-0.39, 0.29) is 24.8 Å². The van der Waals surface area contributed by atoms with E-state index in [0.29, 0.717) is 18.7 Å². The summed E-state index contributed by atoms with van der Waals surface area (Å²) in [6, 6.07) is 12.8. The molecule has 0 heterocycles. The summed E-state index contributed by atoms with van der Waals surface area (Å²) in [5, 5.41) is 2.61. The van der Waals surface area contributed by atoms with Gasteiger partial charge in [0.1, 0.15) is 6.04 Å². The van der Waals surface area contributed by atoms with Gasteiger partial charge >= 0.3 is 0 Å². The Balaban J connectivity index is 2.19. The fourth-order valence-electron chi connectivity index (χ4n) is 3.73. The highest BCUT2D eigenvalue weighted by molar-refractivity contribution is 7.92. The first-order chi connectivity index (χ1) is 15.5. The molecule has 0 fully saturated rings. The number of nitrogens with zero attached hydrogens (tertiary/aromatic N) is 2. The van der Waals surface area contributed by atoms with E-state index in [4.69, 9.17) is 0 Å². The molecule has 0 aliphatic carbocycles. The molecule has 2 aromatic rings. The normalized spacial score (nSPS) is 12.2. The summed E-state index contributed by atoms with van der Waals surface area (Å²) in [6.07, 6.45) is 1.64. The third-order valence-corrected chi connectivity index (χ3v) is 6.98. The lowest BCUT2D eigenvalue weighted by atomic mass is 10.1. The van der Waals surface area contributed by atoms with Crippen molar-refractivity contribution >= 4 is 27.5 Å². The zero-order valence-corrected chi connectivity index (χ0v) is 21.2. The van der Waals surface area contributed by atoms with E-state index in [1.807, 2.05) is 63.2 Å². The zero-order valence-electron chi connectivity index (χ0n) is 20.4. The van der Waals surface area contributed by atoms with Crippen molar-refractivity contribution in [3.8, 4) is 0 Å².